The summed E-state index contributed by atoms with van der Waals surface area (Å²) in [6.45, 7) is 5.02. The van der Waals surface area contributed by atoms with Crippen LogP contribution in [0.3, 0.4) is 0 Å². The Balaban J connectivity index is 2.35. The Morgan fingerprint density at radius 3 is 2.94 bits per heavy atom. The standard InChI is InChI=1S/C12H19N5O/c1-8-7-10(11(13)16-18)15-12(14-8)17-6-4-3-5-9(17)2/h7,9,18H,3-6H2,1-2H3,(H2,13,16). The van der Waals surface area contributed by atoms with Crippen molar-refractivity contribution < 1.29 is 5.21 Å². The molecule has 0 aliphatic carbocycles. The van der Waals surface area contributed by atoms with E-state index in [1.54, 1.807) is 6.07 Å². The second kappa shape index (κ2) is 5.20. The SMILES string of the molecule is Cc1cc(/C(N)=N/O)nc(N2CCCCC2C)n1. The minimum Gasteiger partial charge on any atom is -0.409 e. The summed E-state index contributed by atoms with van der Waals surface area (Å²) in [5.41, 5.74) is 6.88. The molecule has 1 aromatic heterocycles. The Morgan fingerprint density at radius 1 is 1.50 bits per heavy atom. The molecular weight excluding hydrogens is 230 g/mol. The topological polar surface area (TPSA) is 87.6 Å². The molecule has 1 fully saturated rings. The van der Waals surface area contributed by atoms with Crippen LogP contribution >= 0.6 is 0 Å². The number of hydrogen-bond donors (Lipinski definition) is 2. The molecule has 0 saturated carbocycles. The molecule has 1 aliphatic rings. The molecule has 1 atom stereocenters. The van der Waals surface area contributed by atoms with Crippen LogP contribution in [0.1, 0.15) is 37.6 Å². The summed E-state index contributed by atoms with van der Waals surface area (Å²) in [5, 5.41) is 11.7. The molecule has 6 heteroatoms. The smallest absolute Gasteiger partial charge is 0.226 e. The minimum absolute atomic E-state index is 0.0198. The van der Waals surface area contributed by atoms with Gasteiger partial charge in [0.15, 0.2) is 5.84 Å². The molecule has 0 amide bonds. The molecule has 1 aliphatic heterocycles. The van der Waals surface area contributed by atoms with Crippen LogP contribution in [0.25, 0.3) is 0 Å². The van der Waals surface area contributed by atoms with Crippen LogP contribution in [0.15, 0.2) is 11.2 Å². The number of aryl methyl sites for hydroxylation is 1. The lowest BCUT2D eigenvalue weighted by Crippen LogP contribution is -2.39. The van der Waals surface area contributed by atoms with Crippen LogP contribution in [0.5, 0.6) is 0 Å². The molecule has 3 N–H and O–H groups in total. The highest BCUT2D eigenvalue weighted by Gasteiger charge is 2.21. The van der Waals surface area contributed by atoms with Crippen LogP contribution in [-0.4, -0.2) is 33.6 Å². The minimum atomic E-state index is 0.0198. The predicted molar refractivity (Wildman–Crippen MR) is 69.9 cm³/mol. The number of aromatic nitrogens is 2. The molecule has 0 radical (unpaired) electrons. The van der Waals surface area contributed by atoms with Crippen molar-refractivity contribution >= 4 is 11.8 Å². The van der Waals surface area contributed by atoms with Gasteiger partial charge in [-0.3, -0.25) is 0 Å². The molecule has 0 bridgehead atoms. The summed E-state index contributed by atoms with van der Waals surface area (Å²) in [4.78, 5) is 11.0. The van der Waals surface area contributed by atoms with Crippen molar-refractivity contribution in [3.05, 3.63) is 17.5 Å². The second-order valence-electron chi connectivity index (χ2n) is 4.72. The average Bonchev–Trinajstić information content (AvgIpc) is 2.37. The van der Waals surface area contributed by atoms with Gasteiger partial charge in [-0.15, -0.1) is 0 Å². The first-order valence-corrected chi connectivity index (χ1v) is 6.22. The van der Waals surface area contributed by atoms with E-state index in [1.165, 1.54) is 6.42 Å². The zero-order chi connectivity index (χ0) is 13.1. The van der Waals surface area contributed by atoms with Gasteiger partial charge in [0.25, 0.3) is 0 Å². The Hall–Kier alpha value is -1.85. The predicted octanol–water partition coefficient (Wildman–Crippen LogP) is 1.26. The quantitative estimate of drug-likeness (QED) is 0.356. The van der Waals surface area contributed by atoms with Crippen molar-refractivity contribution in [2.45, 2.75) is 39.2 Å². The van der Waals surface area contributed by atoms with E-state index < -0.39 is 0 Å². The van der Waals surface area contributed by atoms with Gasteiger partial charge in [0, 0.05) is 18.3 Å². The van der Waals surface area contributed by atoms with Gasteiger partial charge in [-0.1, -0.05) is 5.16 Å². The largest absolute Gasteiger partial charge is 0.409 e. The van der Waals surface area contributed by atoms with Gasteiger partial charge < -0.3 is 15.8 Å². The van der Waals surface area contributed by atoms with Crippen molar-refractivity contribution in [1.29, 1.82) is 0 Å². The molecule has 1 unspecified atom stereocenters. The van der Waals surface area contributed by atoms with Crippen LogP contribution in [-0.2, 0) is 0 Å². The third-order valence-corrected chi connectivity index (χ3v) is 3.27. The number of hydrogen-bond acceptors (Lipinski definition) is 5. The molecule has 2 rings (SSSR count). The Morgan fingerprint density at radius 2 is 2.28 bits per heavy atom. The fourth-order valence-corrected chi connectivity index (χ4v) is 2.26. The zero-order valence-corrected chi connectivity index (χ0v) is 10.8. The van der Waals surface area contributed by atoms with E-state index >= 15 is 0 Å². The maximum absolute atomic E-state index is 8.72. The van der Waals surface area contributed by atoms with E-state index in [0.29, 0.717) is 17.7 Å². The fraction of sp³-hybridized carbons (Fsp3) is 0.583. The number of piperidine rings is 1. The first kappa shape index (κ1) is 12.6. The van der Waals surface area contributed by atoms with E-state index in [9.17, 15) is 0 Å². The van der Waals surface area contributed by atoms with Crippen LogP contribution in [0, 0.1) is 6.92 Å². The van der Waals surface area contributed by atoms with E-state index in [2.05, 4.69) is 26.9 Å². The van der Waals surface area contributed by atoms with Gasteiger partial charge in [-0.05, 0) is 39.2 Å². The zero-order valence-electron chi connectivity index (χ0n) is 10.8. The highest BCUT2D eigenvalue weighted by molar-refractivity contribution is 5.95. The van der Waals surface area contributed by atoms with Crippen molar-refractivity contribution in [2.75, 3.05) is 11.4 Å². The van der Waals surface area contributed by atoms with Crippen molar-refractivity contribution in [1.82, 2.24) is 9.97 Å². The monoisotopic (exact) mass is 249 g/mol. The highest BCUT2D eigenvalue weighted by Crippen LogP contribution is 2.21. The molecule has 2 heterocycles. The number of anilines is 1. The maximum atomic E-state index is 8.72. The van der Waals surface area contributed by atoms with Crippen LogP contribution in [0.4, 0.5) is 5.95 Å². The molecule has 0 spiro atoms. The number of nitrogens with two attached hydrogens (primary N) is 1. The second-order valence-corrected chi connectivity index (χ2v) is 4.72. The summed E-state index contributed by atoms with van der Waals surface area (Å²) in [5.74, 6) is 0.690. The van der Waals surface area contributed by atoms with Gasteiger partial charge in [-0.2, -0.15) is 0 Å². The molecule has 1 saturated heterocycles. The molecule has 6 nitrogen and oxygen atoms in total. The maximum Gasteiger partial charge on any atom is 0.226 e. The van der Waals surface area contributed by atoms with Crippen LogP contribution in [0.2, 0.25) is 0 Å². The van der Waals surface area contributed by atoms with Gasteiger partial charge in [-0.25, -0.2) is 9.97 Å². The lowest BCUT2D eigenvalue weighted by molar-refractivity contribution is 0.318. The van der Waals surface area contributed by atoms with Gasteiger partial charge in [0.2, 0.25) is 5.95 Å². The molecule has 1 aromatic rings. The Kier molecular flexibility index (Phi) is 3.64. The molecule has 18 heavy (non-hydrogen) atoms. The summed E-state index contributed by atoms with van der Waals surface area (Å²) < 4.78 is 0. The Bertz CT molecular complexity index is 460. The molecular formula is C12H19N5O. The fourth-order valence-electron chi connectivity index (χ4n) is 2.26. The summed E-state index contributed by atoms with van der Waals surface area (Å²) in [6.07, 6.45) is 3.55. The molecule has 0 aromatic carbocycles. The van der Waals surface area contributed by atoms with Gasteiger partial charge in [0.05, 0.1) is 0 Å². The first-order chi connectivity index (χ1) is 8.61. The lowest BCUT2D eigenvalue weighted by Gasteiger charge is -2.33. The summed E-state index contributed by atoms with van der Waals surface area (Å²) >= 11 is 0. The van der Waals surface area contributed by atoms with E-state index in [0.717, 1.165) is 25.1 Å². The van der Waals surface area contributed by atoms with Crippen LogP contribution < -0.4 is 10.6 Å². The van der Waals surface area contributed by atoms with Crippen molar-refractivity contribution in [3.8, 4) is 0 Å². The van der Waals surface area contributed by atoms with Crippen molar-refractivity contribution in [2.24, 2.45) is 10.9 Å². The summed E-state index contributed by atoms with van der Waals surface area (Å²) in [6, 6.07) is 2.15. The first-order valence-electron chi connectivity index (χ1n) is 6.22. The van der Waals surface area contributed by atoms with E-state index in [1.807, 2.05) is 6.92 Å². The third-order valence-electron chi connectivity index (χ3n) is 3.27. The third kappa shape index (κ3) is 2.52. The number of rotatable bonds is 2. The number of amidine groups is 1. The lowest BCUT2D eigenvalue weighted by atomic mass is 10.0. The molecule has 98 valence electrons. The number of oxime groups is 1. The van der Waals surface area contributed by atoms with Crippen molar-refractivity contribution in [3.63, 3.8) is 0 Å². The van der Waals surface area contributed by atoms with Gasteiger partial charge in [0.1, 0.15) is 5.69 Å². The van der Waals surface area contributed by atoms with E-state index in [4.69, 9.17) is 10.9 Å². The van der Waals surface area contributed by atoms with E-state index in [-0.39, 0.29) is 5.84 Å². The Labute approximate surface area is 107 Å². The number of nitrogens with zero attached hydrogens (tertiary/aromatic N) is 4. The highest BCUT2D eigenvalue weighted by atomic mass is 16.4. The van der Waals surface area contributed by atoms with Gasteiger partial charge >= 0.3 is 0 Å². The average molecular weight is 249 g/mol. The normalized spacial score (nSPS) is 21.1. The summed E-state index contributed by atoms with van der Waals surface area (Å²) in [7, 11) is 0.